The molecule has 1 rings (SSSR count). The molecule has 0 aliphatic rings. The van der Waals surface area contributed by atoms with Crippen LogP contribution >= 0.6 is 33.9 Å². The average molecular weight is 277 g/mol. The largest absolute Gasteiger partial charge is 0.297 e. The zero-order valence-electron chi connectivity index (χ0n) is 5.72. The van der Waals surface area contributed by atoms with Gasteiger partial charge in [-0.3, -0.25) is 4.79 Å². The second kappa shape index (κ2) is 3.32. The van der Waals surface area contributed by atoms with Crippen LogP contribution in [0.5, 0.6) is 0 Å². The van der Waals surface area contributed by atoms with Gasteiger partial charge in [0.25, 0.3) is 0 Å². The highest BCUT2D eigenvalue weighted by atomic mass is 127. The predicted molar refractivity (Wildman–Crippen MR) is 51.9 cm³/mol. The molecule has 0 aliphatic heterocycles. The molecule has 0 spiro atoms. The number of hydrogen-bond donors (Lipinski definition) is 0. The van der Waals surface area contributed by atoms with Gasteiger partial charge in [0, 0.05) is 0 Å². The Morgan fingerprint density at radius 1 is 1.73 bits per heavy atom. The van der Waals surface area contributed by atoms with E-state index in [-0.39, 0.29) is 0 Å². The third-order valence-electron chi connectivity index (χ3n) is 1.36. The first-order chi connectivity index (χ1) is 5.20. The fourth-order valence-electron chi connectivity index (χ4n) is 0.735. The number of aldehydes is 1. The minimum absolute atomic E-state index is 0.637. The maximum Gasteiger partial charge on any atom is 0.160 e. The zero-order valence-corrected chi connectivity index (χ0v) is 8.69. The van der Waals surface area contributed by atoms with Gasteiger partial charge in [0.2, 0.25) is 0 Å². The van der Waals surface area contributed by atoms with Crippen LogP contribution in [0.4, 0.5) is 0 Å². The maximum atomic E-state index is 10.4. The molecule has 0 N–H and O–H groups in total. The minimum Gasteiger partial charge on any atom is -0.297 e. The van der Waals surface area contributed by atoms with E-state index in [1.807, 2.05) is 0 Å². The van der Waals surface area contributed by atoms with E-state index in [9.17, 15) is 4.79 Å². The van der Waals surface area contributed by atoms with Crippen molar-refractivity contribution in [3.63, 3.8) is 0 Å². The first-order valence-electron chi connectivity index (χ1n) is 2.85. The topological polar surface area (TPSA) is 40.9 Å². The van der Waals surface area contributed by atoms with Gasteiger partial charge in [0.05, 0.1) is 13.3 Å². The summed E-state index contributed by atoms with van der Waals surface area (Å²) in [5.74, 6) is 0. The lowest BCUT2D eigenvalue weighted by Gasteiger charge is -1.84. The molecule has 1 heterocycles. The zero-order chi connectivity index (χ0) is 8.43. The van der Waals surface area contributed by atoms with Crippen molar-refractivity contribution in [1.29, 1.82) is 5.26 Å². The molecule has 11 heavy (non-hydrogen) atoms. The normalized spacial score (nSPS) is 9.18. The molecule has 1 aromatic rings. The Kier molecular flexibility index (Phi) is 2.62. The van der Waals surface area contributed by atoms with Gasteiger partial charge in [0.1, 0.15) is 6.07 Å². The second-order valence-electron chi connectivity index (χ2n) is 1.97. The van der Waals surface area contributed by atoms with Crippen LogP contribution in [0.3, 0.4) is 0 Å². The first-order valence-corrected chi connectivity index (χ1v) is 4.74. The Morgan fingerprint density at radius 2 is 2.36 bits per heavy atom. The fourth-order valence-corrected chi connectivity index (χ4v) is 2.77. The van der Waals surface area contributed by atoms with Crippen molar-refractivity contribution in [1.82, 2.24) is 0 Å². The standard InChI is InChI=1S/C7H4INOS/c1-4-5(2-9)7(8)11-6(4)3-10/h3H,1H3. The summed E-state index contributed by atoms with van der Waals surface area (Å²) in [4.78, 5) is 11.1. The van der Waals surface area contributed by atoms with E-state index >= 15 is 0 Å². The molecule has 0 atom stereocenters. The van der Waals surface area contributed by atoms with E-state index in [0.717, 1.165) is 14.7 Å². The summed E-state index contributed by atoms with van der Waals surface area (Å²) < 4.78 is 0.893. The highest BCUT2D eigenvalue weighted by molar-refractivity contribution is 14.1. The Morgan fingerprint density at radius 3 is 2.64 bits per heavy atom. The van der Waals surface area contributed by atoms with Gasteiger partial charge in [-0.25, -0.2) is 0 Å². The van der Waals surface area contributed by atoms with Gasteiger partial charge in [0.15, 0.2) is 6.29 Å². The lowest BCUT2D eigenvalue weighted by molar-refractivity contribution is 0.112. The van der Waals surface area contributed by atoms with Gasteiger partial charge < -0.3 is 0 Å². The van der Waals surface area contributed by atoms with Crippen LogP contribution < -0.4 is 0 Å². The number of carbonyl (C=O) groups excluding carboxylic acids is 1. The summed E-state index contributed by atoms with van der Waals surface area (Å²) in [6, 6.07) is 2.06. The van der Waals surface area contributed by atoms with E-state index in [1.54, 1.807) is 6.92 Å². The van der Waals surface area contributed by atoms with Crippen LogP contribution in [0.15, 0.2) is 0 Å². The quantitative estimate of drug-likeness (QED) is 0.584. The lowest BCUT2D eigenvalue weighted by Crippen LogP contribution is -1.79. The number of hydrogen-bond acceptors (Lipinski definition) is 3. The van der Waals surface area contributed by atoms with E-state index in [4.69, 9.17) is 5.26 Å². The molecule has 0 radical (unpaired) electrons. The summed E-state index contributed by atoms with van der Waals surface area (Å²) in [6.07, 6.45) is 0.795. The summed E-state index contributed by atoms with van der Waals surface area (Å²) >= 11 is 3.43. The van der Waals surface area contributed by atoms with Crippen LogP contribution in [0.25, 0.3) is 0 Å². The number of rotatable bonds is 1. The van der Waals surface area contributed by atoms with Crippen LogP contribution in [0.2, 0.25) is 0 Å². The van der Waals surface area contributed by atoms with Gasteiger partial charge in [-0.1, -0.05) is 0 Å². The Labute approximate surface area is 82.0 Å². The van der Waals surface area contributed by atoms with Crippen LogP contribution in [0.1, 0.15) is 20.8 Å². The molecule has 56 valence electrons. The molecular formula is C7H4INOS. The Balaban J connectivity index is 3.39. The fraction of sp³-hybridized carbons (Fsp3) is 0.143. The van der Waals surface area contributed by atoms with E-state index in [0.29, 0.717) is 10.4 Å². The van der Waals surface area contributed by atoms with E-state index < -0.39 is 0 Å². The van der Waals surface area contributed by atoms with Gasteiger partial charge >= 0.3 is 0 Å². The molecule has 1 aromatic heterocycles. The molecule has 0 saturated carbocycles. The molecule has 4 heteroatoms. The highest BCUT2D eigenvalue weighted by Crippen LogP contribution is 2.27. The Bertz CT molecular complexity index is 337. The van der Waals surface area contributed by atoms with Gasteiger partial charge in [-0.05, 0) is 35.1 Å². The number of thiophene rings is 1. The summed E-state index contributed by atoms with van der Waals surface area (Å²) in [5, 5.41) is 8.64. The third-order valence-corrected chi connectivity index (χ3v) is 3.57. The van der Waals surface area contributed by atoms with Crippen molar-refractivity contribution in [3.8, 4) is 6.07 Å². The number of nitrogens with zero attached hydrogens (tertiary/aromatic N) is 1. The summed E-state index contributed by atoms with van der Waals surface area (Å²) in [7, 11) is 0. The van der Waals surface area contributed by atoms with Crippen LogP contribution in [-0.4, -0.2) is 6.29 Å². The van der Waals surface area contributed by atoms with Crippen molar-refractivity contribution in [3.05, 3.63) is 18.9 Å². The first kappa shape index (κ1) is 8.68. The molecule has 0 bridgehead atoms. The lowest BCUT2D eigenvalue weighted by atomic mass is 10.2. The summed E-state index contributed by atoms with van der Waals surface area (Å²) in [5.41, 5.74) is 1.44. The van der Waals surface area contributed by atoms with E-state index in [2.05, 4.69) is 28.7 Å². The van der Waals surface area contributed by atoms with E-state index in [1.165, 1.54) is 11.3 Å². The maximum absolute atomic E-state index is 10.4. The van der Waals surface area contributed by atoms with Crippen LogP contribution in [-0.2, 0) is 0 Å². The molecule has 2 nitrogen and oxygen atoms in total. The van der Waals surface area contributed by atoms with Gasteiger partial charge in [-0.2, -0.15) is 5.26 Å². The van der Waals surface area contributed by atoms with Crippen molar-refractivity contribution < 1.29 is 4.79 Å². The monoisotopic (exact) mass is 277 g/mol. The van der Waals surface area contributed by atoms with Crippen LogP contribution in [0, 0.1) is 21.1 Å². The number of nitriles is 1. The number of carbonyl (C=O) groups is 1. The SMILES string of the molecule is Cc1c(C=O)sc(I)c1C#N. The van der Waals surface area contributed by atoms with Crippen molar-refractivity contribution in [2.45, 2.75) is 6.92 Å². The second-order valence-corrected chi connectivity index (χ2v) is 4.83. The molecule has 0 aliphatic carbocycles. The van der Waals surface area contributed by atoms with Crippen molar-refractivity contribution >= 4 is 40.2 Å². The highest BCUT2D eigenvalue weighted by Gasteiger charge is 2.11. The molecular weight excluding hydrogens is 273 g/mol. The van der Waals surface area contributed by atoms with Crippen molar-refractivity contribution in [2.75, 3.05) is 0 Å². The molecule has 0 unspecified atom stereocenters. The van der Waals surface area contributed by atoms with Gasteiger partial charge in [-0.15, -0.1) is 11.3 Å². The molecule has 0 saturated heterocycles. The smallest absolute Gasteiger partial charge is 0.160 e. The molecule has 0 fully saturated rings. The molecule has 0 amide bonds. The Hall–Kier alpha value is -0.410. The minimum atomic E-state index is 0.637. The van der Waals surface area contributed by atoms with Crippen molar-refractivity contribution in [2.24, 2.45) is 0 Å². The summed E-state index contributed by atoms with van der Waals surface area (Å²) in [6.45, 7) is 1.79. The number of halogens is 1. The predicted octanol–water partition coefficient (Wildman–Crippen LogP) is 2.35. The molecule has 0 aromatic carbocycles. The third kappa shape index (κ3) is 1.44. The average Bonchev–Trinajstić information content (AvgIpc) is 2.26.